The molecule has 0 spiro atoms. The topological polar surface area (TPSA) is 61.8 Å². The number of carboxylic acid groups (broad SMARTS) is 1. The Morgan fingerprint density at radius 1 is 1.53 bits per heavy atom. The van der Waals surface area contributed by atoms with Gasteiger partial charge in [-0.1, -0.05) is 0 Å². The Balaban J connectivity index is 2.16. The van der Waals surface area contributed by atoms with Crippen molar-refractivity contribution in [3.8, 4) is 0 Å². The molecule has 2 N–H and O–H groups in total. The first-order valence-corrected chi connectivity index (χ1v) is 7.15. The summed E-state index contributed by atoms with van der Waals surface area (Å²) in [6, 6.07) is 0. The summed E-state index contributed by atoms with van der Waals surface area (Å²) < 4.78 is 5.19. The fourth-order valence-corrected chi connectivity index (χ4v) is 2.64. The molecule has 112 valence electrons. The smallest absolute Gasteiger partial charge is 0.323 e. The molecule has 0 aliphatic carbocycles. The maximum absolute atomic E-state index is 11.1. The molecule has 0 aromatic heterocycles. The molecule has 0 aromatic carbocycles. The van der Waals surface area contributed by atoms with Crippen molar-refractivity contribution in [2.45, 2.75) is 38.1 Å². The highest BCUT2D eigenvalue weighted by Crippen LogP contribution is 2.18. The van der Waals surface area contributed by atoms with Gasteiger partial charge < -0.3 is 20.1 Å². The van der Waals surface area contributed by atoms with Gasteiger partial charge in [-0.2, -0.15) is 0 Å². The van der Waals surface area contributed by atoms with E-state index >= 15 is 0 Å². The van der Waals surface area contributed by atoms with Crippen LogP contribution in [0.4, 0.5) is 0 Å². The van der Waals surface area contributed by atoms with Gasteiger partial charge >= 0.3 is 5.97 Å². The van der Waals surface area contributed by atoms with E-state index < -0.39 is 11.5 Å². The van der Waals surface area contributed by atoms with Gasteiger partial charge in [0.2, 0.25) is 0 Å². The van der Waals surface area contributed by atoms with Crippen molar-refractivity contribution in [3.63, 3.8) is 0 Å². The lowest BCUT2D eigenvalue weighted by Gasteiger charge is -2.24. The maximum atomic E-state index is 11.1. The first-order chi connectivity index (χ1) is 9.01. The minimum absolute atomic E-state index is 0.673. The first kappa shape index (κ1) is 16.4. The third-order valence-electron chi connectivity index (χ3n) is 4.20. The predicted octanol–water partition coefficient (Wildman–Crippen LogP) is 1.19. The van der Waals surface area contributed by atoms with Crippen LogP contribution in [0.1, 0.15) is 32.6 Å². The van der Waals surface area contributed by atoms with Crippen LogP contribution in [-0.4, -0.2) is 61.9 Å². The van der Waals surface area contributed by atoms with Gasteiger partial charge in [-0.15, -0.1) is 0 Å². The summed E-state index contributed by atoms with van der Waals surface area (Å²) in [4.78, 5) is 13.6. The van der Waals surface area contributed by atoms with Crippen LogP contribution < -0.4 is 5.32 Å². The molecule has 1 rings (SSSR count). The molecule has 2 unspecified atom stereocenters. The minimum Gasteiger partial charge on any atom is -0.480 e. The van der Waals surface area contributed by atoms with E-state index in [1.807, 2.05) is 0 Å². The van der Waals surface area contributed by atoms with Crippen LogP contribution in [0.25, 0.3) is 0 Å². The normalized spacial score (nSPS) is 23.4. The number of unbranched alkanes of at least 4 members (excludes halogenated alkanes) is 1. The molecule has 1 fully saturated rings. The number of carboxylic acids is 1. The molecule has 1 saturated heterocycles. The third kappa shape index (κ3) is 5.09. The number of rotatable bonds is 9. The van der Waals surface area contributed by atoms with Crippen molar-refractivity contribution in [2.24, 2.45) is 5.92 Å². The Bertz CT molecular complexity index is 286. The van der Waals surface area contributed by atoms with Gasteiger partial charge in [-0.25, -0.2) is 0 Å². The van der Waals surface area contributed by atoms with Gasteiger partial charge in [0.05, 0.1) is 6.61 Å². The average Bonchev–Trinajstić information content (AvgIpc) is 2.82. The summed E-state index contributed by atoms with van der Waals surface area (Å²) in [5.74, 6) is -0.0945. The number of ether oxygens (including phenoxy) is 1. The molecule has 0 bridgehead atoms. The Morgan fingerprint density at radius 2 is 2.26 bits per heavy atom. The van der Waals surface area contributed by atoms with Crippen molar-refractivity contribution < 1.29 is 14.6 Å². The summed E-state index contributed by atoms with van der Waals surface area (Å²) in [5, 5.41) is 12.1. The van der Waals surface area contributed by atoms with Gasteiger partial charge in [0.25, 0.3) is 0 Å². The summed E-state index contributed by atoms with van der Waals surface area (Å²) in [6.45, 7) is 5.94. The highest BCUT2D eigenvalue weighted by Gasteiger charge is 2.30. The molecule has 0 amide bonds. The quantitative estimate of drug-likeness (QED) is 0.617. The van der Waals surface area contributed by atoms with E-state index in [0.29, 0.717) is 12.3 Å². The lowest BCUT2D eigenvalue weighted by Crippen LogP contribution is -2.47. The molecule has 0 radical (unpaired) electrons. The molecule has 5 nitrogen and oxygen atoms in total. The fourth-order valence-electron chi connectivity index (χ4n) is 2.64. The van der Waals surface area contributed by atoms with E-state index in [2.05, 4.69) is 10.2 Å². The fraction of sp³-hybridized carbons (Fsp3) is 0.929. The Hall–Kier alpha value is -0.650. The zero-order valence-electron chi connectivity index (χ0n) is 12.4. The van der Waals surface area contributed by atoms with Crippen LogP contribution in [0, 0.1) is 5.92 Å². The number of nitrogens with one attached hydrogen (secondary N) is 1. The largest absolute Gasteiger partial charge is 0.480 e. The number of carbonyl (C=O) groups is 1. The van der Waals surface area contributed by atoms with Gasteiger partial charge in [-0.3, -0.25) is 4.79 Å². The van der Waals surface area contributed by atoms with Crippen molar-refractivity contribution in [2.75, 3.05) is 40.4 Å². The van der Waals surface area contributed by atoms with Crippen LogP contribution in [-0.2, 0) is 9.53 Å². The number of likely N-dealkylation sites (tertiary alicyclic amines) is 1. The monoisotopic (exact) mass is 272 g/mol. The van der Waals surface area contributed by atoms with Crippen LogP contribution >= 0.6 is 0 Å². The highest BCUT2D eigenvalue weighted by molar-refractivity contribution is 5.78. The Labute approximate surface area is 116 Å². The second kappa shape index (κ2) is 7.82. The summed E-state index contributed by atoms with van der Waals surface area (Å²) >= 11 is 0. The lowest BCUT2D eigenvalue weighted by atomic mass is 9.95. The first-order valence-electron chi connectivity index (χ1n) is 7.15. The molecule has 0 aromatic rings. The molecule has 19 heavy (non-hydrogen) atoms. The van der Waals surface area contributed by atoms with Crippen LogP contribution in [0.15, 0.2) is 0 Å². The average molecular weight is 272 g/mol. The molecule has 5 heteroatoms. The summed E-state index contributed by atoms with van der Waals surface area (Å²) in [5.41, 5.74) is -0.788. The Kier molecular flexibility index (Phi) is 6.75. The standard InChI is InChI=1S/C14H28N2O3/c1-14(15-2,13(17)18)7-4-5-8-16-9-6-12(10-16)11-19-3/h12,15H,4-11H2,1-3H3,(H,17,18). The van der Waals surface area contributed by atoms with Gasteiger partial charge in [0.15, 0.2) is 0 Å². The van der Waals surface area contributed by atoms with Crippen LogP contribution in [0.5, 0.6) is 0 Å². The number of methoxy groups -OCH3 is 1. The van der Waals surface area contributed by atoms with Gasteiger partial charge in [0.1, 0.15) is 5.54 Å². The number of nitrogens with zero attached hydrogens (tertiary/aromatic N) is 1. The summed E-state index contributed by atoms with van der Waals surface area (Å²) in [6.07, 6.45) is 3.89. The number of aliphatic carboxylic acids is 1. The summed E-state index contributed by atoms with van der Waals surface area (Å²) in [7, 11) is 3.47. The molecule has 2 atom stereocenters. The molecule has 1 aliphatic heterocycles. The molecular weight excluding hydrogens is 244 g/mol. The molecule has 1 aliphatic rings. The van der Waals surface area contributed by atoms with Crippen molar-refractivity contribution in [1.29, 1.82) is 0 Å². The SMILES string of the molecule is CNC(C)(CCCCN1CCC(COC)C1)C(=O)O. The van der Waals surface area contributed by atoms with E-state index in [4.69, 9.17) is 9.84 Å². The Morgan fingerprint density at radius 3 is 2.84 bits per heavy atom. The van der Waals surface area contributed by atoms with Crippen molar-refractivity contribution >= 4 is 5.97 Å². The molecule has 0 saturated carbocycles. The van der Waals surface area contributed by atoms with E-state index in [1.54, 1.807) is 21.1 Å². The highest BCUT2D eigenvalue weighted by atomic mass is 16.5. The predicted molar refractivity (Wildman–Crippen MR) is 75.4 cm³/mol. The third-order valence-corrected chi connectivity index (χ3v) is 4.20. The molecular formula is C14H28N2O3. The van der Waals surface area contributed by atoms with Crippen LogP contribution in [0.3, 0.4) is 0 Å². The second-order valence-corrected chi connectivity index (χ2v) is 5.76. The second-order valence-electron chi connectivity index (χ2n) is 5.76. The van der Waals surface area contributed by atoms with E-state index in [1.165, 1.54) is 6.42 Å². The van der Waals surface area contributed by atoms with E-state index in [-0.39, 0.29) is 0 Å². The van der Waals surface area contributed by atoms with Crippen LogP contribution in [0.2, 0.25) is 0 Å². The van der Waals surface area contributed by atoms with E-state index in [0.717, 1.165) is 39.1 Å². The maximum Gasteiger partial charge on any atom is 0.323 e. The van der Waals surface area contributed by atoms with Crippen molar-refractivity contribution in [3.05, 3.63) is 0 Å². The number of hydrogen-bond acceptors (Lipinski definition) is 4. The molecule has 1 heterocycles. The van der Waals surface area contributed by atoms with Gasteiger partial charge in [-0.05, 0) is 58.7 Å². The van der Waals surface area contributed by atoms with Gasteiger partial charge in [0, 0.05) is 13.7 Å². The number of likely N-dealkylation sites (N-methyl/N-ethyl adjacent to an activating group) is 1. The minimum atomic E-state index is -0.788. The zero-order chi connectivity index (χ0) is 14.3. The van der Waals surface area contributed by atoms with E-state index in [9.17, 15) is 4.79 Å². The zero-order valence-corrected chi connectivity index (χ0v) is 12.4. The lowest BCUT2D eigenvalue weighted by molar-refractivity contribution is -0.144. The number of hydrogen-bond donors (Lipinski definition) is 2. The van der Waals surface area contributed by atoms with Crippen molar-refractivity contribution in [1.82, 2.24) is 10.2 Å².